The van der Waals surface area contributed by atoms with E-state index in [1.807, 2.05) is 0 Å². The molecule has 162 valence electrons. The van der Waals surface area contributed by atoms with Gasteiger partial charge in [0.25, 0.3) is 5.91 Å². The number of hydrogen-bond acceptors (Lipinski definition) is 7. The first kappa shape index (κ1) is 22.0. The average Bonchev–Trinajstić information content (AvgIpc) is 2.96. The molecule has 1 aromatic carbocycles. The number of nitrogen functional groups attached to an aromatic ring is 1. The summed E-state index contributed by atoms with van der Waals surface area (Å²) in [7, 11) is 1.69. The van der Waals surface area contributed by atoms with Crippen molar-refractivity contribution < 1.29 is 24.1 Å². The zero-order valence-electron chi connectivity index (χ0n) is 16.8. The quantitative estimate of drug-likeness (QED) is 0.447. The van der Waals surface area contributed by atoms with Crippen molar-refractivity contribution in [2.45, 2.75) is 25.4 Å². The molecule has 4 N–H and O–H groups in total. The summed E-state index contributed by atoms with van der Waals surface area (Å²) < 4.78 is 16.4. The van der Waals surface area contributed by atoms with Crippen LogP contribution in [0.4, 0.5) is 5.69 Å². The highest BCUT2D eigenvalue weighted by Gasteiger charge is 2.29. The monoisotopic (exact) mass is 427 g/mol. The molecule has 29 heavy (non-hydrogen) atoms. The maximum absolute atomic E-state index is 12.8. The summed E-state index contributed by atoms with van der Waals surface area (Å²) in [5.41, 5.74) is 6.53. The maximum Gasteiger partial charge on any atom is 0.255 e. The van der Waals surface area contributed by atoms with Gasteiger partial charge in [-0.05, 0) is 25.5 Å². The van der Waals surface area contributed by atoms with Crippen molar-refractivity contribution in [1.29, 1.82) is 0 Å². The van der Waals surface area contributed by atoms with E-state index in [9.17, 15) is 9.90 Å². The van der Waals surface area contributed by atoms with Crippen molar-refractivity contribution in [2.24, 2.45) is 5.92 Å². The number of aliphatic hydroxyl groups is 1. The highest BCUT2D eigenvalue weighted by atomic mass is 35.5. The van der Waals surface area contributed by atoms with Gasteiger partial charge in [0.1, 0.15) is 5.02 Å². The van der Waals surface area contributed by atoms with Crippen LogP contribution in [0.15, 0.2) is 6.07 Å². The molecule has 1 saturated heterocycles. The van der Waals surface area contributed by atoms with Crippen molar-refractivity contribution >= 4 is 23.2 Å². The van der Waals surface area contributed by atoms with E-state index >= 15 is 0 Å². The number of β-amino-alcohol motifs (C(OH)–C–C–N with tert-alkyl or cyclic N) is 1. The van der Waals surface area contributed by atoms with Gasteiger partial charge in [0.15, 0.2) is 11.5 Å². The van der Waals surface area contributed by atoms with E-state index in [0.717, 1.165) is 25.9 Å². The minimum Gasteiger partial charge on any atom is -0.489 e. The Bertz CT molecular complexity index is 718. The molecular weight excluding hydrogens is 398 g/mol. The maximum atomic E-state index is 12.8. The fraction of sp³-hybridized carbons (Fsp3) is 0.650. The highest BCUT2D eigenvalue weighted by Crippen LogP contribution is 2.43. The zero-order chi connectivity index (χ0) is 20.8. The Kier molecular flexibility index (Phi) is 7.83. The molecule has 1 aromatic rings. The second-order valence-corrected chi connectivity index (χ2v) is 7.89. The number of nitrogens with two attached hydrogens (primary N) is 1. The Morgan fingerprint density at radius 1 is 1.41 bits per heavy atom. The van der Waals surface area contributed by atoms with Gasteiger partial charge in [-0.2, -0.15) is 0 Å². The van der Waals surface area contributed by atoms with Gasteiger partial charge in [0.05, 0.1) is 30.6 Å². The van der Waals surface area contributed by atoms with Crippen LogP contribution in [0.3, 0.4) is 0 Å². The number of likely N-dealkylation sites (tertiary alicyclic amines) is 1. The van der Waals surface area contributed by atoms with Gasteiger partial charge in [0, 0.05) is 45.7 Å². The number of fused-ring (bicyclic) bond motifs is 1. The number of methoxy groups -OCH3 is 1. The molecule has 0 aromatic heterocycles. The molecule has 2 heterocycles. The number of anilines is 1. The standard InChI is InChI=1S/C20H30ClN3O5/c1-27-7-2-5-24-6-4-13(16(25)12-24)11-23-20(26)14-10-15(22)17(21)19-18(14)28-8-3-9-29-19/h10,13,16,25H,2-9,11-12,22H2,1H3,(H,23,26)/t13-,16?/m0/s1. The third kappa shape index (κ3) is 5.45. The zero-order valence-corrected chi connectivity index (χ0v) is 17.5. The molecule has 0 radical (unpaired) electrons. The molecule has 9 heteroatoms. The van der Waals surface area contributed by atoms with Gasteiger partial charge in [-0.25, -0.2) is 0 Å². The number of amides is 1. The molecular formula is C20H30ClN3O5. The SMILES string of the molecule is COCCCN1CC[C@@H](CNC(=O)c2cc(N)c(Cl)c3c2OCCCO3)C(O)C1. The number of carbonyl (C=O) groups excluding carboxylic acids is 1. The Hall–Kier alpha value is -1.74. The van der Waals surface area contributed by atoms with E-state index in [4.69, 9.17) is 31.5 Å². The largest absolute Gasteiger partial charge is 0.489 e. The van der Waals surface area contributed by atoms with E-state index in [-0.39, 0.29) is 22.5 Å². The molecule has 0 saturated carbocycles. The predicted octanol–water partition coefficient (Wildman–Crippen LogP) is 1.53. The van der Waals surface area contributed by atoms with Gasteiger partial charge >= 0.3 is 0 Å². The summed E-state index contributed by atoms with van der Waals surface area (Å²) in [6.07, 6.45) is 1.96. The number of halogens is 1. The highest BCUT2D eigenvalue weighted by molar-refractivity contribution is 6.35. The van der Waals surface area contributed by atoms with Crippen LogP contribution < -0.4 is 20.5 Å². The first-order chi connectivity index (χ1) is 14.0. The number of nitrogens with one attached hydrogen (secondary N) is 1. The fourth-order valence-electron chi connectivity index (χ4n) is 3.72. The summed E-state index contributed by atoms with van der Waals surface area (Å²) in [5, 5.41) is 13.7. The van der Waals surface area contributed by atoms with Crippen LogP contribution in [0.5, 0.6) is 11.5 Å². The van der Waals surface area contributed by atoms with Crippen molar-refractivity contribution in [2.75, 3.05) is 58.8 Å². The third-order valence-corrected chi connectivity index (χ3v) is 5.77. The van der Waals surface area contributed by atoms with Gasteiger partial charge in [0.2, 0.25) is 0 Å². The molecule has 2 atom stereocenters. The Balaban J connectivity index is 1.60. The Morgan fingerprint density at radius 2 is 2.17 bits per heavy atom. The lowest BCUT2D eigenvalue weighted by Crippen LogP contribution is -2.48. The number of rotatable bonds is 7. The summed E-state index contributed by atoms with van der Waals surface area (Å²) in [6.45, 7) is 4.38. The molecule has 1 amide bonds. The number of benzene rings is 1. The van der Waals surface area contributed by atoms with Gasteiger partial charge < -0.3 is 35.3 Å². The predicted molar refractivity (Wildman–Crippen MR) is 111 cm³/mol. The Labute approximate surface area is 176 Å². The van der Waals surface area contributed by atoms with Crippen LogP contribution >= 0.6 is 11.6 Å². The van der Waals surface area contributed by atoms with Crippen LogP contribution in [0.1, 0.15) is 29.6 Å². The summed E-state index contributed by atoms with van der Waals surface area (Å²) in [6, 6.07) is 1.51. The summed E-state index contributed by atoms with van der Waals surface area (Å²) in [4.78, 5) is 15.1. The number of hydrogen-bond donors (Lipinski definition) is 3. The minimum absolute atomic E-state index is 0.00181. The summed E-state index contributed by atoms with van der Waals surface area (Å²) >= 11 is 6.23. The molecule has 8 nitrogen and oxygen atoms in total. The molecule has 2 aliphatic rings. The van der Waals surface area contributed by atoms with Gasteiger partial charge in [-0.3, -0.25) is 4.79 Å². The number of piperidine rings is 1. The molecule has 1 unspecified atom stereocenters. The van der Waals surface area contributed by atoms with E-state index in [1.54, 1.807) is 7.11 Å². The number of carbonyl (C=O) groups is 1. The lowest BCUT2D eigenvalue weighted by Gasteiger charge is -2.36. The van der Waals surface area contributed by atoms with Gasteiger partial charge in [-0.1, -0.05) is 11.6 Å². The van der Waals surface area contributed by atoms with Crippen molar-refractivity contribution in [3.8, 4) is 11.5 Å². The lowest BCUT2D eigenvalue weighted by atomic mass is 9.93. The smallest absolute Gasteiger partial charge is 0.255 e. The van der Waals surface area contributed by atoms with Crippen molar-refractivity contribution in [1.82, 2.24) is 10.2 Å². The van der Waals surface area contributed by atoms with E-state index in [0.29, 0.717) is 56.4 Å². The van der Waals surface area contributed by atoms with Crippen LogP contribution in [0.2, 0.25) is 5.02 Å². The fourth-order valence-corrected chi connectivity index (χ4v) is 3.92. The topological polar surface area (TPSA) is 106 Å². The Morgan fingerprint density at radius 3 is 2.90 bits per heavy atom. The van der Waals surface area contributed by atoms with E-state index in [2.05, 4.69) is 10.2 Å². The van der Waals surface area contributed by atoms with Crippen LogP contribution in [0, 0.1) is 5.92 Å². The minimum atomic E-state index is -0.487. The number of ether oxygens (including phenoxy) is 3. The van der Waals surface area contributed by atoms with E-state index in [1.165, 1.54) is 6.07 Å². The number of aliphatic hydroxyl groups excluding tert-OH is 1. The van der Waals surface area contributed by atoms with Crippen LogP contribution in [-0.2, 0) is 4.74 Å². The second kappa shape index (κ2) is 10.3. The molecule has 0 aliphatic carbocycles. The molecule has 3 rings (SSSR count). The third-order valence-electron chi connectivity index (χ3n) is 5.38. The first-order valence-electron chi connectivity index (χ1n) is 10.1. The second-order valence-electron chi connectivity index (χ2n) is 7.51. The van der Waals surface area contributed by atoms with Gasteiger partial charge in [-0.15, -0.1) is 0 Å². The molecule has 1 fully saturated rings. The van der Waals surface area contributed by atoms with Crippen LogP contribution in [-0.4, -0.2) is 75.1 Å². The normalized spacial score (nSPS) is 22.2. The van der Waals surface area contributed by atoms with Crippen molar-refractivity contribution in [3.05, 3.63) is 16.7 Å². The van der Waals surface area contributed by atoms with Crippen LogP contribution in [0.25, 0.3) is 0 Å². The van der Waals surface area contributed by atoms with E-state index < -0.39 is 6.10 Å². The molecule has 0 spiro atoms. The van der Waals surface area contributed by atoms with Crippen molar-refractivity contribution in [3.63, 3.8) is 0 Å². The average molecular weight is 428 g/mol. The first-order valence-corrected chi connectivity index (χ1v) is 10.4. The molecule has 2 aliphatic heterocycles. The lowest BCUT2D eigenvalue weighted by molar-refractivity contribution is 0.0192. The number of nitrogens with zero attached hydrogens (tertiary/aromatic N) is 1. The summed E-state index contributed by atoms with van der Waals surface area (Å²) in [5.74, 6) is 0.328. The molecule has 0 bridgehead atoms.